The highest BCUT2D eigenvalue weighted by atomic mass is 16.5. The van der Waals surface area contributed by atoms with E-state index in [0.29, 0.717) is 18.2 Å². The van der Waals surface area contributed by atoms with Gasteiger partial charge in [-0.15, -0.1) is 0 Å². The predicted octanol–water partition coefficient (Wildman–Crippen LogP) is 2.38. The summed E-state index contributed by atoms with van der Waals surface area (Å²) in [6, 6.07) is 0.919. The van der Waals surface area contributed by atoms with Crippen LogP contribution in [-0.4, -0.2) is 68.7 Å². The summed E-state index contributed by atoms with van der Waals surface area (Å²) in [7, 11) is 1.85. The van der Waals surface area contributed by atoms with Gasteiger partial charge in [0, 0.05) is 45.4 Å². The molecule has 0 aromatic carbocycles. The van der Waals surface area contributed by atoms with Crippen LogP contribution in [0, 0.1) is 11.8 Å². The van der Waals surface area contributed by atoms with Gasteiger partial charge in [-0.2, -0.15) is 0 Å². The Hall–Kier alpha value is -0.890. The molecule has 0 bridgehead atoms. The van der Waals surface area contributed by atoms with Gasteiger partial charge in [0.05, 0.1) is 6.10 Å². The molecule has 172 valence electrons. The molecule has 2 unspecified atom stereocenters. The molecule has 2 amide bonds. The van der Waals surface area contributed by atoms with Crippen molar-refractivity contribution in [1.82, 2.24) is 26.2 Å². The fourth-order valence-electron chi connectivity index (χ4n) is 6.00. The zero-order valence-corrected chi connectivity index (χ0v) is 18.8. The molecule has 30 heavy (non-hydrogen) atoms. The third kappa shape index (κ3) is 6.09. The second kappa shape index (κ2) is 11.1. The van der Waals surface area contributed by atoms with Crippen LogP contribution in [-0.2, 0) is 4.74 Å². The molecule has 4 aliphatic rings. The Balaban J connectivity index is 1.16. The topological polar surface area (TPSA) is 77.7 Å². The summed E-state index contributed by atoms with van der Waals surface area (Å²) in [5.41, 5.74) is 0. The minimum absolute atomic E-state index is 0.153. The largest absolute Gasteiger partial charge is 0.381 e. The molecule has 2 saturated carbocycles. The van der Waals surface area contributed by atoms with Crippen molar-refractivity contribution in [2.45, 2.75) is 95.1 Å². The number of piperidine rings is 1. The molecule has 2 aliphatic heterocycles. The SMILES string of the molecule is COC1CCC(C2CNC(NC3CCCC(NC(=O)N4CCCCC4)C3)NC2)CC1. The minimum Gasteiger partial charge on any atom is -0.381 e. The Kier molecular flexibility index (Phi) is 8.27. The fourth-order valence-corrected chi connectivity index (χ4v) is 6.00. The molecular weight excluding hydrogens is 378 g/mol. The van der Waals surface area contributed by atoms with Crippen LogP contribution < -0.4 is 21.3 Å². The van der Waals surface area contributed by atoms with E-state index >= 15 is 0 Å². The van der Waals surface area contributed by atoms with Crippen molar-refractivity contribution in [1.29, 1.82) is 0 Å². The van der Waals surface area contributed by atoms with Crippen LogP contribution in [0.1, 0.15) is 70.6 Å². The number of ether oxygens (including phenoxy) is 1. The first-order valence-electron chi connectivity index (χ1n) is 12.5. The summed E-state index contributed by atoms with van der Waals surface area (Å²) in [5, 5.41) is 14.5. The lowest BCUT2D eigenvalue weighted by molar-refractivity contribution is 0.0414. The fraction of sp³-hybridized carbons (Fsp3) is 0.957. The molecular formula is C23H43N5O2. The summed E-state index contributed by atoms with van der Waals surface area (Å²) in [6.45, 7) is 4.03. The second-order valence-electron chi connectivity index (χ2n) is 10.0. The van der Waals surface area contributed by atoms with Gasteiger partial charge in [-0.05, 0) is 82.5 Å². The first-order valence-corrected chi connectivity index (χ1v) is 12.5. The number of nitrogens with one attached hydrogen (secondary N) is 4. The third-order valence-corrected chi connectivity index (χ3v) is 7.93. The number of likely N-dealkylation sites (tertiary alicyclic amines) is 1. The van der Waals surface area contributed by atoms with E-state index in [1.54, 1.807) is 0 Å². The average molecular weight is 422 g/mol. The first-order chi connectivity index (χ1) is 14.7. The summed E-state index contributed by atoms with van der Waals surface area (Å²) < 4.78 is 5.53. The van der Waals surface area contributed by atoms with E-state index in [2.05, 4.69) is 21.3 Å². The normalized spacial score (nSPS) is 38.2. The number of hydrogen-bond acceptors (Lipinski definition) is 5. The van der Waals surface area contributed by atoms with Gasteiger partial charge in [-0.1, -0.05) is 0 Å². The monoisotopic (exact) mass is 421 g/mol. The molecule has 4 N–H and O–H groups in total. The summed E-state index contributed by atoms with van der Waals surface area (Å²) in [6.07, 6.45) is 13.8. The summed E-state index contributed by atoms with van der Waals surface area (Å²) in [4.78, 5) is 14.6. The Bertz CT molecular complexity index is 526. The smallest absolute Gasteiger partial charge is 0.317 e. The minimum atomic E-state index is 0.153. The lowest BCUT2D eigenvalue weighted by Crippen LogP contribution is -2.63. The van der Waals surface area contributed by atoms with Gasteiger partial charge in [-0.25, -0.2) is 4.79 Å². The zero-order chi connectivity index (χ0) is 20.8. The van der Waals surface area contributed by atoms with Gasteiger partial charge in [0.2, 0.25) is 0 Å². The molecule has 2 saturated heterocycles. The average Bonchev–Trinajstić information content (AvgIpc) is 2.80. The predicted molar refractivity (Wildman–Crippen MR) is 119 cm³/mol. The van der Waals surface area contributed by atoms with Gasteiger partial charge in [0.15, 0.2) is 0 Å². The highest BCUT2D eigenvalue weighted by Crippen LogP contribution is 2.31. The van der Waals surface area contributed by atoms with Crippen LogP contribution in [0.4, 0.5) is 4.79 Å². The number of carbonyl (C=O) groups excluding carboxylic acids is 1. The maximum absolute atomic E-state index is 12.6. The van der Waals surface area contributed by atoms with E-state index in [9.17, 15) is 4.79 Å². The van der Waals surface area contributed by atoms with E-state index < -0.39 is 0 Å². The van der Waals surface area contributed by atoms with Crippen LogP contribution in [0.25, 0.3) is 0 Å². The first kappa shape index (κ1) is 22.3. The number of urea groups is 1. The molecule has 0 spiro atoms. The van der Waals surface area contributed by atoms with Crippen molar-refractivity contribution in [3.8, 4) is 0 Å². The van der Waals surface area contributed by atoms with E-state index in [1.165, 1.54) is 44.9 Å². The standard InChI is InChI=1S/C23H43N5O2/c1-30-21-10-8-17(9-11-21)18-15-24-22(25-16-18)26-19-6-5-7-20(14-19)27-23(29)28-12-3-2-4-13-28/h17-22,24-26H,2-16H2,1H3,(H,27,29). The molecule has 4 rings (SSSR count). The molecule has 2 aliphatic carbocycles. The van der Waals surface area contributed by atoms with Gasteiger partial charge in [0.1, 0.15) is 6.29 Å². The van der Waals surface area contributed by atoms with E-state index in [1.807, 2.05) is 12.0 Å². The van der Waals surface area contributed by atoms with Gasteiger partial charge in [0.25, 0.3) is 0 Å². The quantitative estimate of drug-likeness (QED) is 0.548. The number of methoxy groups -OCH3 is 1. The van der Waals surface area contributed by atoms with Gasteiger partial charge >= 0.3 is 6.03 Å². The van der Waals surface area contributed by atoms with Crippen LogP contribution in [0.2, 0.25) is 0 Å². The van der Waals surface area contributed by atoms with Crippen molar-refractivity contribution in [3.63, 3.8) is 0 Å². The molecule has 2 heterocycles. The number of hydrogen-bond donors (Lipinski definition) is 4. The molecule has 4 fully saturated rings. The molecule has 2 atom stereocenters. The second-order valence-corrected chi connectivity index (χ2v) is 10.0. The number of nitrogens with zero attached hydrogens (tertiary/aromatic N) is 1. The Labute approximate surface area is 182 Å². The van der Waals surface area contributed by atoms with Crippen LogP contribution >= 0.6 is 0 Å². The van der Waals surface area contributed by atoms with Crippen molar-refractivity contribution < 1.29 is 9.53 Å². The van der Waals surface area contributed by atoms with Crippen molar-refractivity contribution in [2.75, 3.05) is 33.3 Å². The van der Waals surface area contributed by atoms with Gasteiger partial charge in [-0.3, -0.25) is 16.0 Å². The maximum Gasteiger partial charge on any atom is 0.317 e. The van der Waals surface area contributed by atoms with Crippen LogP contribution in [0.15, 0.2) is 0 Å². The lowest BCUT2D eigenvalue weighted by atomic mass is 9.78. The highest BCUT2D eigenvalue weighted by Gasteiger charge is 2.32. The number of amides is 2. The zero-order valence-electron chi connectivity index (χ0n) is 18.8. The number of carbonyl (C=O) groups is 1. The Morgan fingerprint density at radius 2 is 1.57 bits per heavy atom. The summed E-state index contributed by atoms with van der Waals surface area (Å²) in [5.74, 6) is 1.55. The molecule has 7 nitrogen and oxygen atoms in total. The molecule has 0 radical (unpaired) electrons. The van der Waals surface area contributed by atoms with E-state index in [-0.39, 0.29) is 12.3 Å². The Morgan fingerprint density at radius 1 is 0.867 bits per heavy atom. The van der Waals surface area contributed by atoms with Crippen LogP contribution in [0.5, 0.6) is 0 Å². The van der Waals surface area contributed by atoms with Crippen molar-refractivity contribution >= 4 is 6.03 Å². The van der Waals surface area contributed by atoms with Crippen molar-refractivity contribution in [3.05, 3.63) is 0 Å². The molecule has 0 aromatic heterocycles. The maximum atomic E-state index is 12.6. The molecule has 7 heteroatoms. The summed E-state index contributed by atoms with van der Waals surface area (Å²) >= 11 is 0. The van der Waals surface area contributed by atoms with Crippen molar-refractivity contribution in [2.24, 2.45) is 11.8 Å². The van der Waals surface area contributed by atoms with E-state index in [0.717, 1.165) is 63.7 Å². The third-order valence-electron chi connectivity index (χ3n) is 7.93. The lowest BCUT2D eigenvalue weighted by Gasteiger charge is -2.41. The number of rotatable bonds is 5. The van der Waals surface area contributed by atoms with E-state index in [4.69, 9.17) is 4.74 Å². The highest BCUT2D eigenvalue weighted by molar-refractivity contribution is 5.74. The van der Waals surface area contributed by atoms with Gasteiger partial charge < -0.3 is 15.0 Å². The Morgan fingerprint density at radius 3 is 2.27 bits per heavy atom. The van der Waals surface area contributed by atoms with Crippen LogP contribution in [0.3, 0.4) is 0 Å². The molecule has 0 aromatic rings.